The fraction of sp³-hybridized carbons (Fsp3) is 0.684. The van der Waals surface area contributed by atoms with Crippen molar-refractivity contribution in [3.63, 3.8) is 0 Å². The van der Waals surface area contributed by atoms with Crippen LogP contribution in [0.25, 0.3) is 0 Å². The first-order valence-electron chi connectivity index (χ1n) is 9.18. The standard InChI is InChI=1S/C19H32N2O2S/c1-16-7-6-8-18(10-9-16)17(2)20-24(22)15-23-14-11-19(24,3)21-12-4-5-13-21/h6-7,9-10,17,24H,4-5,8,11-15H2,1-3H3,(H,20,22). The summed E-state index contributed by atoms with van der Waals surface area (Å²) in [6.45, 7) is 9.25. The molecule has 2 aliphatic heterocycles. The molecule has 2 atom stereocenters. The second-order valence-corrected chi connectivity index (χ2v) is 10.5. The molecule has 136 valence electrons. The number of rotatable bonds is 4. The molecule has 0 radical (unpaired) electrons. The maximum atomic E-state index is 13.9. The van der Waals surface area contributed by atoms with Crippen molar-refractivity contribution in [1.82, 2.24) is 9.62 Å². The normalized spacial score (nSPS) is 33.5. The van der Waals surface area contributed by atoms with E-state index in [0.29, 0.717) is 12.5 Å². The van der Waals surface area contributed by atoms with Gasteiger partial charge in [0.05, 0.1) is 11.5 Å². The number of nitrogens with one attached hydrogen (secondary N) is 1. The summed E-state index contributed by atoms with van der Waals surface area (Å²) >= 11 is 0. The van der Waals surface area contributed by atoms with E-state index in [1.807, 2.05) is 0 Å². The van der Waals surface area contributed by atoms with Crippen LogP contribution in [0.15, 0.2) is 35.5 Å². The molecule has 0 amide bonds. The van der Waals surface area contributed by atoms with Gasteiger partial charge in [0.2, 0.25) is 0 Å². The smallest absolute Gasteiger partial charge is 0.113 e. The molecule has 2 heterocycles. The minimum Gasteiger partial charge on any atom is -0.369 e. The summed E-state index contributed by atoms with van der Waals surface area (Å²) in [4.78, 5) is 2.17. The lowest BCUT2D eigenvalue weighted by atomic mass is 10.1. The van der Waals surface area contributed by atoms with Gasteiger partial charge < -0.3 is 4.74 Å². The van der Waals surface area contributed by atoms with E-state index in [1.165, 1.54) is 24.0 Å². The monoisotopic (exact) mass is 352 g/mol. The van der Waals surface area contributed by atoms with Crippen LogP contribution in [0.1, 0.15) is 46.5 Å². The third-order valence-electron chi connectivity index (χ3n) is 5.81. The zero-order valence-electron chi connectivity index (χ0n) is 15.3. The highest BCUT2D eigenvalue weighted by Crippen LogP contribution is 2.37. The molecule has 2 saturated heterocycles. The Kier molecular flexibility index (Phi) is 5.45. The predicted octanol–water partition coefficient (Wildman–Crippen LogP) is 2.92. The van der Waals surface area contributed by atoms with Crippen LogP contribution in [-0.2, 0) is 14.9 Å². The molecule has 0 aromatic carbocycles. The molecule has 0 bridgehead atoms. The molecular weight excluding hydrogens is 320 g/mol. The van der Waals surface area contributed by atoms with E-state index in [-0.39, 0.29) is 10.9 Å². The Morgan fingerprint density at radius 2 is 2.08 bits per heavy atom. The number of hydrogen-bond donors (Lipinski definition) is 2. The predicted molar refractivity (Wildman–Crippen MR) is 102 cm³/mol. The largest absolute Gasteiger partial charge is 0.369 e. The van der Waals surface area contributed by atoms with Gasteiger partial charge in [0, 0.05) is 12.5 Å². The van der Waals surface area contributed by atoms with Gasteiger partial charge in [0.1, 0.15) is 5.94 Å². The zero-order valence-corrected chi connectivity index (χ0v) is 16.1. The second kappa shape index (κ2) is 7.24. The van der Waals surface area contributed by atoms with Crippen LogP contribution in [0.2, 0.25) is 0 Å². The van der Waals surface area contributed by atoms with Crippen molar-refractivity contribution in [3.8, 4) is 0 Å². The molecule has 0 aromatic rings. The number of allylic oxidation sites excluding steroid dienone is 5. The van der Waals surface area contributed by atoms with Gasteiger partial charge in [-0.15, -0.1) is 0 Å². The summed E-state index contributed by atoms with van der Waals surface area (Å²) in [6, 6.07) is 0.0891. The highest BCUT2D eigenvalue weighted by atomic mass is 32.3. The average Bonchev–Trinajstić information content (AvgIpc) is 3.00. The fourth-order valence-electron chi connectivity index (χ4n) is 4.00. The van der Waals surface area contributed by atoms with Gasteiger partial charge >= 0.3 is 0 Å². The Morgan fingerprint density at radius 1 is 1.33 bits per heavy atom. The lowest BCUT2D eigenvalue weighted by Crippen LogP contribution is -2.64. The lowest BCUT2D eigenvalue weighted by molar-refractivity contribution is 0.0938. The Hall–Kier alpha value is -0.750. The SMILES string of the molecule is CC1=CC=C(C(C)N[SH]2(=O)COCCC2(C)N2CCCC2)CC=C1. The van der Waals surface area contributed by atoms with E-state index < -0.39 is 10.1 Å². The molecule has 0 spiro atoms. The van der Waals surface area contributed by atoms with Gasteiger partial charge in [-0.2, -0.15) is 0 Å². The molecule has 1 aliphatic carbocycles. The van der Waals surface area contributed by atoms with E-state index >= 15 is 0 Å². The van der Waals surface area contributed by atoms with Crippen LogP contribution in [0.3, 0.4) is 0 Å². The minimum atomic E-state index is -2.67. The summed E-state index contributed by atoms with van der Waals surface area (Å²) in [5.74, 6) is 0.350. The molecule has 24 heavy (non-hydrogen) atoms. The third-order valence-corrected chi connectivity index (χ3v) is 9.22. The van der Waals surface area contributed by atoms with Crippen LogP contribution >= 0.6 is 0 Å². The highest BCUT2D eigenvalue weighted by Gasteiger charge is 2.47. The molecule has 3 aliphatic rings. The third kappa shape index (κ3) is 3.45. The van der Waals surface area contributed by atoms with Crippen molar-refractivity contribution in [2.24, 2.45) is 0 Å². The second-order valence-electron chi connectivity index (χ2n) is 7.55. The van der Waals surface area contributed by atoms with Gasteiger partial charge in [-0.05, 0) is 68.8 Å². The van der Waals surface area contributed by atoms with Crippen molar-refractivity contribution in [3.05, 3.63) is 35.5 Å². The van der Waals surface area contributed by atoms with Crippen LogP contribution < -0.4 is 4.72 Å². The van der Waals surface area contributed by atoms with Crippen LogP contribution in [-0.4, -0.2) is 45.7 Å². The topological polar surface area (TPSA) is 41.6 Å². The summed E-state index contributed by atoms with van der Waals surface area (Å²) in [5, 5.41) is 0. The van der Waals surface area contributed by atoms with Gasteiger partial charge in [-0.3, -0.25) is 9.11 Å². The molecule has 3 rings (SSSR count). The summed E-state index contributed by atoms with van der Waals surface area (Å²) in [7, 11) is -2.67. The molecule has 0 saturated carbocycles. The fourth-order valence-corrected chi connectivity index (χ4v) is 6.92. The Labute approximate surface area is 147 Å². The van der Waals surface area contributed by atoms with Gasteiger partial charge in [0.15, 0.2) is 0 Å². The van der Waals surface area contributed by atoms with E-state index in [9.17, 15) is 4.21 Å². The quantitative estimate of drug-likeness (QED) is 0.765. The highest BCUT2D eigenvalue weighted by molar-refractivity contribution is 8.02. The van der Waals surface area contributed by atoms with Crippen molar-refractivity contribution in [2.45, 2.75) is 57.4 Å². The van der Waals surface area contributed by atoms with Crippen molar-refractivity contribution in [2.75, 3.05) is 25.6 Å². The molecule has 2 unspecified atom stereocenters. The van der Waals surface area contributed by atoms with Gasteiger partial charge in [-0.1, -0.05) is 29.9 Å². The van der Waals surface area contributed by atoms with Gasteiger partial charge in [0.25, 0.3) is 0 Å². The number of ether oxygens (including phenoxy) is 1. The summed E-state index contributed by atoms with van der Waals surface area (Å²) < 4.78 is 23.1. The first-order valence-corrected chi connectivity index (χ1v) is 11.1. The van der Waals surface area contributed by atoms with E-state index in [1.54, 1.807) is 0 Å². The Balaban J connectivity index is 1.80. The first kappa shape index (κ1) is 18.1. The summed E-state index contributed by atoms with van der Waals surface area (Å²) in [6.07, 6.45) is 12.8. The van der Waals surface area contributed by atoms with Crippen molar-refractivity contribution < 1.29 is 8.95 Å². The number of nitrogens with zero attached hydrogens (tertiary/aromatic N) is 1. The Bertz CT molecular complexity index is 604. The van der Waals surface area contributed by atoms with Crippen LogP contribution in [0.5, 0.6) is 0 Å². The Morgan fingerprint density at radius 3 is 2.83 bits per heavy atom. The molecular formula is C19H32N2O2S. The molecule has 5 heteroatoms. The first-order chi connectivity index (χ1) is 11.4. The minimum absolute atomic E-state index is 0.0891. The van der Waals surface area contributed by atoms with E-state index in [0.717, 1.165) is 25.9 Å². The zero-order chi connectivity index (χ0) is 17.2. The van der Waals surface area contributed by atoms with Crippen LogP contribution in [0.4, 0.5) is 0 Å². The summed E-state index contributed by atoms with van der Waals surface area (Å²) in [5.41, 5.74) is 2.54. The van der Waals surface area contributed by atoms with E-state index in [2.05, 4.69) is 54.7 Å². The number of hydrogen-bond acceptors (Lipinski definition) is 3. The molecule has 2 fully saturated rings. The molecule has 1 N–H and O–H groups in total. The van der Waals surface area contributed by atoms with Crippen molar-refractivity contribution in [1.29, 1.82) is 0 Å². The molecule has 0 aromatic heterocycles. The maximum Gasteiger partial charge on any atom is 0.113 e. The number of likely N-dealkylation sites (tertiary alicyclic amines) is 1. The van der Waals surface area contributed by atoms with Gasteiger partial charge in [-0.25, -0.2) is 4.72 Å². The molecule has 4 nitrogen and oxygen atoms in total. The maximum absolute atomic E-state index is 13.9. The lowest BCUT2D eigenvalue weighted by Gasteiger charge is -2.51. The average molecular weight is 353 g/mol. The number of thiol groups is 1. The van der Waals surface area contributed by atoms with Crippen molar-refractivity contribution >= 4 is 10.1 Å². The van der Waals surface area contributed by atoms with Crippen LogP contribution in [0, 0.1) is 0 Å². The van der Waals surface area contributed by atoms with E-state index in [4.69, 9.17) is 4.74 Å².